The number of aryl methyl sites for hydroxylation is 1. The zero-order valence-corrected chi connectivity index (χ0v) is 22.5. The minimum Gasteiger partial charge on any atom is -0.480 e. The SMILES string of the molecule is Cc1c(NC(=O)OC(C)c2ccccc2)c(-c2ccc(C(=O)NC(Cc3ccc(F)c(F)c3)C(=O)O)cc2)nn1C. The number of carbonyl (C=O) groups excluding carboxylic acids is 2. The number of aliphatic carboxylic acids is 1. The predicted octanol–water partition coefficient (Wildman–Crippen LogP) is 5.41. The number of anilines is 1. The number of nitrogens with zero attached hydrogens (tertiary/aromatic N) is 2. The fourth-order valence-corrected chi connectivity index (χ4v) is 4.17. The van der Waals surface area contributed by atoms with Gasteiger partial charge in [-0.15, -0.1) is 0 Å². The summed E-state index contributed by atoms with van der Waals surface area (Å²) in [4.78, 5) is 37.2. The summed E-state index contributed by atoms with van der Waals surface area (Å²) < 4.78 is 33.9. The zero-order valence-electron chi connectivity index (χ0n) is 22.5. The van der Waals surface area contributed by atoms with Crippen LogP contribution in [0.5, 0.6) is 0 Å². The Morgan fingerprint density at radius 1 is 1.00 bits per heavy atom. The summed E-state index contributed by atoms with van der Waals surface area (Å²) in [6.07, 6.45) is -1.38. The molecule has 0 aliphatic heterocycles. The van der Waals surface area contributed by atoms with Crippen LogP contribution in [0.1, 0.15) is 40.2 Å². The van der Waals surface area contributed by atoms with Crippen LogP contribution >= 0.6 is 0 Å². The Morgan fingerprint density at radius 3 is 2.32 bits per heavy atom. The van der Waals surface area contributed by atoms with Gasteiger partial charge in [-0.3, -0.25) is 14.8 Å². The topological polar surface area (TPSA) is 123 Å². The molecule has 0 saturated carbocycles. The molecule has 11 heteroatoms. The van der Waals surface area contributed by atoms with Crippen LogP contribution < -0.4 is 10.6 Å². The molecular formula is C30H28F2N4O5. The van der Waals surface area contributed by atoms with E-state index < -0.39 is 41.7 Å². The third-order valence-corrected chi connectivity index (χ3v) is 6.56. The highest BCUT2D eigenvalue weighted by Crippen LogP contribution is 2.30. The molecule has 4 rings (SSSR count). The third kappa shape index (κ3) is 6.93. The number of hydrogen-bond acceptors (Lipinski definition) is 5. The first kappa shape index (κ1) is 28.9. The summed E-state index contributed by atoms with van der Waals surface area (Å²) in [6.45, 7) is 3.55. The second-order valence-electron chi connectivity index (χ2n) is 9.41. The van der Waals surface area contributed by atoms with Gasteiger partial charge in [0.2, 0.25) is 0 Å². The van der Waals surface area contributed by atoms with Crippen LogP contribution in [-0.2, 0) is 23.0 Å². The van der Waals surface area contributed by atoms with Gasteiger partial charge >= 0.3 is 12.1 Å². The van der Waals surface area contributed by atoms with Gasteiger partial charge in [-0.25, -0.2) is 18.4 Å². The summed E-state index contributed by atoms with van der Waals surface area (Å²) in [5, 5.41) is 19.2. The van der Waals surface area contributed by atoms with E-state index in [1.165, 1.54) is 18.2 Å². The number of carboxylic acid groups (broad SMARTS) is 1. The van der Waals surface area contributed by atoms with Crippen LogP contribution in [0, 0.1) is 18.6 Å². The van der Waals surface area contributed by atoms with E-state index in [1.54, 1.807) is 37.7 Å². The second kappa shape index (κ2) is 12.4. The van der Waals surface area contributed by atoms with Crippen LogP contribution in [-0.4, -0.2) is 38.9 Å². The molecule has 0 spiro atoms. The minimum atomic E-state index is -1.37. The quantitative estimate of drug-likeness (QED) is 0.251. The Kier molecular flexibility index (Phi) is 8.76. The van der Waals surface area contributed by atoms with Crippen molar-refractivity contribution in [3.63, 3.8) is 0 Å². The van der Waals surface area contributed by atoms with Crippen LogP contribution in [0.15, 0.2) is 72.8 Å². The molecule has 3 N–H and O–H groups in total. The number of nitrogens with one attached hydrogen (secondary N) is 2. The zero-order chi connectivity index (χ0) is 29.7. The van der Waals surface area contributed by atoms with Gasteiger partial charge in [0.1, 0.15) is 17.8 Å². The van der Waals surface area contributed by atoms with Crippen molar-refractivity contribution in [1.82, 2.24) is 15.1 Å². The molecule has 2 atom stereocenters. The number of ether oxygens (including phenoxy) is 1. The highest BCUT2D eigenvalue weighted by molar-refractivity contribution is 5.97. The van der Waals surface area contributed by atoms with Crippen molar-refractivity contribution in [2.24, 2.45) is 7.05 Å². The maximum atomic E-state index is 13.5. The molecule has 1 aromatic heterocycles. The fourth-order valence-electron chi connectivity index (χ4n) is 4.17. The van der Waals surface area contributed by atoms with Gasteiger partial charge in [0.05, 0.1) is 11.4 Å². The fraction of sp³-hybridized carbons (Fsp3) is 0.200. The van der Waals surface area contributed by atoms with Crippen molar-refractivity contribution in [3.8, 4) is 11.3 Å². The van der Waals surface area contributed by atoms with E-state index in [-0.39, 0.29) is 17.5 Å². The van der Waals surface area contributed by atoms with Crippen molar-refractivity contribution in [1.29, 1.82) is 0 Å². The predicted molar refractivity (Wildman–Crippen MR) is 147 cm³/mol. The first-order valence-electron chi connectivity index (χ1n) is 12.7. The van der Waals surface area contributed by atoms with Gasteiger partial charge in [-0.2, -0.15) is 5.10 Å². The van der Waals surface area contributed by atoms with Crippen molar-refractivity contribution in [2.75, 3.05) is 5.32 Å². The Morgan fingerprint density at radius 2 is 1.68 bits per heavy atom. The summed E-state index contributed by atoms with van der Waals surface area (Å²) in [7, 11) is 1.72. The lowest BCUT2D eigenvalue weighted by Crippen LogP contribution is -2.42. The molecule has 212 valence electrons. The van der Waals surface area contributed by atoms with E-state index in [4.69, 9.17) is 4.74 Å². The summed E-state index contributed by atoms with van der Waals surface area (Å²) in [5.41, 5.74) is 3.38. The first-order valence-corrected chi connectivity index (χ1v) is 12.7. The number of benzene rings is 3. The summed E-state index contributed by atoms with van der Waals surface area (Å²) >= 11 is 0. The minimum absolute atomic E-state index is 0.170. The average molecular weight is 563 g/mol. The molecule has 0 aliphatic rings. The van der Waals surface area contributed by atoms with Gasteiger partial charge in [0.15, 0.2) is 11.6 Å². The molecule has 3 aromatic carbocycles. The Bertz CT molecular complexity index is 1570. The summed E-state index contributed by atoms with van der Waals surface area (Å²) in [6, 6.07) is 17.2. The van der Waals surface area contributed by atoms with Crippen molar-refractivity contribution in [2.45, 2.75) is 32.4 Å². The molecule has 0 saturated heterocycles. The van der Waals surface area contributed by atoms with Crippen LogP contribution in [0.4, 0.5) is 19.3 Å². The number of carboxylic acids is 1. The lowest BCUT2D eigenvalue weighted by atomic mass is 10.0. The van der Waals surface area contributed by atoms with E-state index >= 15 is 0 Å². The van der Waals surface area contributed by atoms with Crippen molar-refractivity contribution >= 4 is 23.7 Å². The molecule has 4 aromatic rings. The molecule has 2 amide bonds. The van der Waals surface area contributed by atoms with Crippen LogP contribution in [0.2, 0.25) is 0 Å². The lowest BCUT2D eigenvalue weighted by Gasteiger charge is -2.15. The second-order valence-corrected chi connectivity index (χ2v) is 9.41. The van der Waals surface area contributed by atoms with E-state index in [9.17, 15) is 28.3 Å². The van der Waals surface area contributed by atoms with Crippen LogP contribution in [0.25, 0.3) is 11.3 Å². The number of halogens is 2. The number of carbonyl (C=O) groups is 3. The Balaban J connectivity index is 1.47. The van der Waals surface area contributed by atoms with Gasteiger partial charge in [0, 0.05) is 24.6 Å². The standard InChI is InChI=1S/C30H28F2N4O5/c1-17-26(34-30(40)41-18(2)20-7-5-4-6-8-20)27(35-36(17)3)21-10-12-22(13-11-21)28(37)33-25(29(38)39)16-19-9-14-23(31)24(32)15-19/h4-15,18,25H,16H2,1-3H3,(H,33,37)(H,34,40)(H,38,39). The highest BCUT2D eigenvalue weighted by Gasteiger charge is 2.23. The Hall–Kier alpha value is -5.06. The third-order valence-electron chi connectivity index (χ3n) is 6.56. The molecule has 0 bridgehead atoms. The molecular weight excluding hydrogens is 534 g/mol. The lowest BCUT2D eigenvalue weighted by molar-refractivity contribution is -0.139. The molecule has 0 fully saturated rings. The molecule has 1 heterocycles. The molecule has 41 heavy (non-hydrogen) atoms. The number of rotatable bonds is 9. The Labute approximate surface area is 234 Å². The van der Waals surface area contributed by atoms with E-state index in [2.05, 4.69) is 15.7 Å². The summed E-state index contributed by atoms with van der Waals surface area (Å²) in [5.74, 6) is -4.15. The van der Waals surface area contributed by atoms with Crippen molar-refractivity contribution in [3.05, 3.63) is 107 Å². The smallest absolute Gasteiger partial charge is 0.412 e. The number of aromatic nitrogens is 2. The van der Waals surface area contributed by atoms with Crippen LogP contribution in [0.3, 0.4) is 0 Å². The molecule has 0 radical (unpaired) electrons. The maximum Gasteiger partial charge on any atom is 0.412 e. The largest absolute Gasteiger partial charge is 0.480 e. The van der Waals surface area contributed by atoms with Gasteiger partial charge in [0.25, 0.3) is 5.91 Å². The monoisotopic (exact) mass is 562 g/mol. The normalized spacial score (nSPS) is 12.3. The molecule has 2 unspecified atom stereocenters. The van der Waals surface area contributed by atoms with Gasteiger partial charge in [-0.1, -0.05) is 48.5 Å². The van der Waals surface area contributed by atoms with E-state index in [0.717, 1.165) is 17.7 Å². The van der Waals surface area contributed by atoms with Gasteiger partial charge < -0.3 is 15.2 Å². The number of amides is 2. The van der Waals surface area contributed by atoms with E-state index in [0.29, 0.717) is 22.6 Å². The van der Waals surface area contributed by atoms with Gasteiger partial charge in [-0.05, 0) is 49.2 Å². The molecule has 9 nitrogen and oxygen atoms in total. The first-order chi connectivity index (χ1) is 19.5. The number of hydrogen-bond donors (Lipinski definition) is 3. The maximum absolute atomic E-state index is 13.5. The molecule has 0 aliphatic carbocycles. The van der Waals surface area contributed by atoms with Crippen molar-refractivity contribution < 1.29 is 33.0 Å². The van der Waals surface area contributed by atoms with E-state index in [1.807, 2.05) is 30.3 Å². The highest BCUT2D eigenvalue weighted by atomic mass is 19.2. The average Bonchev–Trinajstić information content (AvgIpc) is 3.23.